The first kappa shape index (κ1) is 18.5. The Bertz CT molecular complexity index is 454. The first-order valence-corrected chi connectivity index (χ1v) is 7.79. The SMILES string of the molecule is CCOc1ccc(C(O)C(N)CCN)c(OCC)c1OCC. The van der Waals surface area contributed by atoms with Crippen molar-refractivity contribution in [2.45, 2.75) is 39.3 Å². The molecule has 0 aliphatic carbocycles. The molecule has 126 valence electrons. The van der Waals surface area contributed by atoms with Crippen molar-refractivity contribution in [2.75, 3.05) is 26.4 Å². The summed E-state index contributed by atoms with van der Waals surface area (Å²) in [4.78, 5) is 0. The van der Waals surface area contributed by atoms with Crippen molar-refractivity contribution in [1.82, 2.24) is 0 Å². The average Bonchev–Trinajstić information content (AvgIpc) is 2.50. The van der Waals surface area contributed by atoms with Crippen molar-refractivity contribution >= 4 is 0 Å². The summed E-state index contributed by atoms with van der Waals surface area (Å²) < 4.78 is 17.0. The van der Waals surface area contributed by atoms with E-state index >= 15 is 0 Å². The van der Waals surface area contributed by atoms with Crippen LogP contribution in [0.4, 0.5) is 0 Å². The van der Waals surface area contributed by atoms with Crippen LogP contribution < -0.4 is 25.7 Å². The fourth-order valence-electron chi connectivity index (χ4n) is 2.22. The van der Waals surface area contributed by atoms with Gasteiger partial charge in [0.05, 0.1) is 25.9 Å². The molecule has 0 aliphatic rings. The molecule has 1 aromatic carbocycles. The van der Waals surface area contributed by atoms with Crippen molar-refractivity contribution in [1.29, 1.82) is 0 Å². The lowest BCUT2D eigenvalue weighted by Gasteiger charge is -2.24. The molecule has 0 fully saturated rings. The summed E-state index contributed by atoms with van der Waals surface area (Å²) in [5.41, 5.74) is 12.1. The number of nitrogens with two attached hydrogens (primary N) is 2. The highest BCUT2D eigenvalue weighted by atomic mass is 16.5. The van der Waals surface area contributed by atoms with E-state index in [9.17, 15) is 5.11 Å². The maximum atomic E-state index is 10.5. The normalized spacial score (nSPS) is 13.5. The third-order valence-corrected chi connectivity index (χ3v) is 3.21. The number of aliphatic hydroxyl groups is 1. The van der Waals surface area contributed by atoms with Crippen LogP contribution >= 0.6 is 0 Å². The fraction of sp³-hybridized carbons (Fsp3) is 0.625. The molecule has 0 saturated carbocycles. The van der Waals surface area contributed by atoms with E-state index in [1.165, 1.54) is 0 Å². The Morgan fingerprint density at radius 2 is 1.59 bits per heavy atom. The van der Waals surface area contributed by atoms with E-state index in [-0.39, 0.29) is 0 Å². The summed E-state index contributed by atoms with van der Waals surface area (Å²) in [7, 11) is 0. The number of hydrogen-bond donors (Lipinski definition) is 3. The topological polar surface area (TPSA) is 100.0 Å². The summed E-state index contributed by atoms with van der Waals surface area (Å²) in [6.07, 6.45) is -0.357. The van der Waals surface area contributed by atoms with E-state index in [4.69, 9.17) is 25.7 Å². The number of aliphatic hydroxyl groups excluding tert-OH is 1. The van der Waals surface area contributed by atoms with Gasteiger partial charge in [0.2, 0.25) is 5.75 Å². The van der Waals surface area contributed by atoms with Crippen molar-refractivity contribution in [3.63, 3.8) is 0 Å². The minimum atomic E-state index is -0.875. The van der Waals surface area contributed by atoms with E-state index in [2.05, 4.69) is 0 Å². The fourth-order valence-corrected chi connectivity index (χ4v) is 2.22. The molecular weight excluding hydrogens is 284 g/mol. The van der Waals surface area contributed by atoms with Gasteiger partial charge in [0, 0.05) is 11.6 Å². The summed E-state index contributed by atoms with van der Waals surface area (Å²) >= 11 is 0. The van der Waals surface area contributed by atoms with Gasteiger partial charge >= 0.3 is 0 Å². The Labute approximate surface area is 132 Å². The van der Waals surface area contributed by atoms with Crippen LogP contribution in [0.3, 0.4) is 0 Å². The highest BCUT2D eigenvalue weighted by Gasteiger charge is 2.25. The van der Waals surface area contributed by atoms with E-state index in [0.29, 0.717) is 55.6 Å². The molecule has 0 heterocycles. The predicted octanol–water partition coefficient (Wildman–Crippen LogP) is 1.59. The van der Waals surface area contributed by atoms with Gasteiger partial charge in [-0.3, -0.25) is 0 Å². The maximum absolute atomic E-state index is 10.5. The molecule has 1 rings (SSSR count). The molecule has 6 heteroatoms. The van der Waals surface area contributed by atoms with Crippen LogP contribution in [0, 0.1) is 0 Å². The van der Waals surface area contributed by atoms with E-state index in [1.807, 2.05) is 20.8 Å². The van der Waals surface area contributed by atoms with E-state index < -0.39 is 12.1 Å². The molecule has 0 aromatic heterocycles. The first-order chi connectivity index (χ1) is 10.6. The standard InChI is InChI=1S/C16H28N2O4/c1-4-20-13-8-7-11(14(19)12(18)9-10-17)15(21-5-2)16(13)22-6-3/h7-8,12,14,19H,4-6,9-10,17-18H2,1-3H3. The third kappa shape index (κ3) is 4.50. The second-order valence-corrected chi connectivity index (χ2v) is 4.80. The van der Waals surface area contributed by atoms with E-state index in [1.54, 1.807) is 12.1 Å². The molecule has 0 radical (unpaired) electrons. The van der Waals surface area contributed by atoms with E-state index in [0.717, 1.165) is 0 Å². The van der Waals surface area contributed by atoms with Crippen molar-refractivity contribution in [3.8, 4) is 17.2 Å². The molecule has 5 N–H and O–H groups in total. The Hall–Kier alpha value is -1.50. The van der Waals surface area contributed by atoms with Crippen molar-refractivity contribution in [2.24, 2.45) is 11.5 Å². The van der Waals surface area contributed by atoms with Gasteiger partial charge in [0.25, 0.3) is 0 Å². The van der Waals surface area contributed by atoms with Gasteiger partial charge in [-0.2, -0.15) is 0 Å². The minimum absolute atomic E-state index is 0.414. The molecule has 0 spiro atoms. The van der Waals surface area contributed by atoms with Gasteiger partial charge in [-0.15, -0.1) is 0 Å². The Balaban J connectivity index is 3.28. The van der Waals surface area contributed by atoms with Crippen LogP contribution in [-0.2, 0) is 0 Å². The lowest BCUT2D eigenvalue weighted by Crippen LogP contribution is -2.31. The molecule has 2 unspecified atom stereocenters. The maximum Gasteiger partial charge on any atom is 0.203 e. The molecular formula is C16H28N2O4. The third-order valence-electron chi connectivity index (χ3n) is 3.21. The zero-order chi connectivity index (χ0) is 16.5. The van der Waals surface area contributed by atoms with Crippen LogP contribution in [0.2, 0.25) is 0 Å². The summed E-state index contributed by atoms with van der Waals surface area (Å²) in [6.45, 7) is 7.50. The van der Waals surface area contributed by atoms with Crippen LogP contribution in [-0.4, -0.2) is 37.5 Å². The zero-order valence-corrected chi connectivity index (χ0v) is 13.7. The molecule has 0 saturated heterocycles. The van der Waals surface area contributed by atoms with Crippen LogP contribution in [0.5, 0.6) is 17.2 Å². The molecule has 1 aromatic rings. The van der Waals surface area contributed by atoms with Gasteiger partial charge in [-0.1, -0.05) is 0 Å². The van der Waals surface area contributed by atoms with Crippen LogP contribution in [0.25, 0.3) is 0 Å². The molecule has 2 atom stereocenters. The second kappa shape index (κ2) is 9.50. The van der Waals surface area contributed by atoms with Crippen LogP contribution in [0.1, 0.15) is 38.9 Å². The van der Waals surface area contributed by atoms with Gasteiger partial charge < -0.3 is 30.8 Å². The quantitative estimate of drug-likeness (QED) is 0.607. The largest absolute Gasteiger partial charge is 0.490 e. The molecule has 0 aliphatic heterocycles. The number of hydrogen-bond acceptors (Lipinski definition) is 6. The summed E-state index contributed by atoms with van der Waals surface area (Å²) in [6, 6.07) is 3.07. The Morgan fingerprint density at radius 1 is 1.00 bits per heavy atom. The lowest BCUT2D eigenvalue weighted by molar-refractivity contribution is 0.137. The highest BCUT2D eigenvalue weighted by molar-refractivity contribution is 5.56. The zero-order valence-electron chi connectivity index (χ0n) is 13.7. The summed E-state index contributed by atoms with van der Waals surface area (Å²) in [5, 5.41) is 10.5. The summed E-state index contributed by atoms with van der Waals surface area (Å²) in [5.74, 6) is 1.58. The first-order valence-electron chi connectivity index (χ1n) is 7.79. The minimum Gasteiger partial charge on any atom is -0.490 e. The highest BCUT2D eigenvalue weighted by Crippen LogP contribution is 2.43. The Kier molecular flexibility index (Phi) is 8.01. The van der Waals surface area contributed by atoms with Crippen LogP contribution in [0.15, 0.2) is 12.1 Å². The predicted molar refractivity (Wildman–Crippen MR) is 86.6 cm³/mol. The number of benzene rings is 1. The van der Waals surface area contributed by atoms with Crippen molar-refractivity contribution < 1.29 is 19.3 Å². The van der Waals surface area contributed by atoms with Crippen molar-refractivity contribution in [3.05, 3.63) is 17.7 Å². The monoisotopic (exact) mass is 312 g/mol. The molecule has 0 amide bonds. The Morgan fingerprint density at radius 3 is 2.14 bits per heavy atom. The lowest BCUT2D eigenvalue weighted by atomic mass is 9.99. The smallest absolute Gasteiger partial charge is 0.203 e. The van der Waals surface area contributed by atoms with Gasteiger partial charge in [-0.05, 0) is 45.9 Å². The second-order valence-electron chi connectivity index (χ2n) is 4.80. The number of rotatable bonds is 10. The average molecular weight is 312 g/mol. The van der Waals surface area contributed by atoms with Gasteiger partial charge in [0.1, 0.15) is 0 Å². The number of ether oxygens (including phenoxy) is 3. The molecule has 22 heavy (non-hydrogen) atoms. The van der Waals surface area contributed by atoms with Gasteiger partial charge in [-0.25, -0.2) is 0 Å². The molecule has 6 nitrogen and oxygen atoms in total. The molecule has 0 bridgehead atoms. The van der Waals surface area contributed by atoms with Gasteiger partial charge in [0.15, 0.2) is 11.5 Å².